The second-order valence-corrected chi connectivity index (χ2v) is 8.45. The third-order valence-corrected chi connectivity index (χ3v) is 6.11. The second kappa shape index (κ2) is 7.51. The summed E-state index contributed by atoms with van der Waals surface area (Å²) in [6.07, 6.45) is 12.5. The minimum absolute atomic E-state index is 0.0999. The molecule has 0 saturated carbocycles. The van der Waals surface area contributed by atoms with Crippen LogP contribution < -0.4 is 10.4 Å². The van der Waals surface area contributed by atoms with Gasteiger partial charge < -0.3 is 0 Å². The van der Waals surface area contributed by atoms with Gasteiger partial charge in [0, 0.05) is 0 Å². The first kappa shape index (κ1) is 20.3. The summed E-state index contributed by atoms with van der Waals surface area (Å²) in [6, 6.07) is 6.78. The van der Waals surface area contributed by atoms with E-state index < -0.39 is 0 Å². The van der Waals surface area contributed by atoms with Crippen LogP contribution in [0.1, 0.15) is 50.3 Å². The van der Waals surface area contributed by atoms with E-state index in [1.165, 1.54) is 49.0 Å². The zero-order valence-corrected chi connectivity index (χ0v) is 18.2. The van der Waals surface area contributed by atoms with Gasteiger partial charge in [0.05, 0.1) is 0 Å². The van der Waals surface area contributed by atoms with Crippen molar-refractivity contribution in [1.29, 1.82) is 0 Å². The first-order chi connectivity index (χ1) is 13.3. The second-order valence-electron chi connectivity index (χ2n) is 8.45. The van der Waals surface area contributed by atoms with E-state index in [4.69, 9.17) is 0 Å². The summed E-state index contributed by atoms with van der Waals surface area (Å²) in [6.45, 7) is 16.9. The van der Waals surface area contributed by atoms with E-state index in [-0.39, 0.29) is 5.21 Å². The molecule has 0 aromatic heterocycles. The van der Waals surface area contributed by atoms with E-state index in [9.17, 15) is 0 Å². The zero-order chi connectivity index (χ0) is 20.6. The van der Waals surface area contributed by atoms with Gasteiger partial charge in [-0.1, -0.05) is 81.7 Å². The lowest BCUT2D eigenvalue weighted by molar-refractivity contribution is 0.863. The van der Waals surface area contributed by atoms with Crippen molar-refractivity contribution in [3.8, 4) is 0 Å². The molecule has 0 radical (unpaired) electrons. The van der Waals surface area contributed by atoms with Crippen LogP contribution in [-0.4, -0.2) is 15.7 Å². The monoisotopic (exact) mass is 364 g/mol. The van der Waals surface area contributed by atoms with Crippen LogP contribution in [0.15, 0.2) is 61.2 Å². The average molecular weight is 364 g/mol. The molecular formula is C26H30B2. The molecule has 0 fully saturated rings. The van der Waals surface area contributed by atoms with Gasteiger partial charge >= 0.3 is 0 Å². The van der Waals surface area contributed by atoms with Gasteiger partial charge in [-0.2, -0.15) is 0 Å². The van der Waals surface area contributed by atoms with Crippen LogP contribution >= 0.6 is 0 Å². The Balaban J connectivity index is 2.72. The molecular weight excluding hydrogens is 334 g/mol. The molecule has 3 rings (SSSR count). The summed E-state index contributed by atoms with van der Waals surface area (Å²) in [5.41, 5.74) is 6.91. The number of hydrogen-bond acceptors (Lipinski definition) is 0. The quantitative estimate of drug-likeness (QED) is 0.574. The number of allylic oxidation sites excluding steroid dienone is 6. The van der Waals surface area contributed by atoms with Crippen molar-refractivity contribution in [3.05, 3.63) is 88.4 Å². The van der Waals surface area contributed by atoms with E-state index in [2.05, 4.69) is 99.0 Å². The lowest BCUT2D eigenvalue weighted by atomic mass is 9.44. The molecule has 0 unspecified atom stereocenters. The molecule has 0 amide bonds. The summed E-state index contributed by atoms with van der Waals surface area (Å²) < 4.78 is 0. The largest absolute Gasteiger partial charge is 0.110 e. The van der Waals surface area contributed by atoms with Crippen molar-refractivity contribution in [2.75, 3.05) is 0 Å². The third kappa shape index (κ3) is 2.87. The first-order valence-electron chi connectivity index (χ1n) is 10.2. The van der Waals surface area contributed by atoms with Crippen LogP contribution in [0.3, 0.4) is 0 Å². The van der Waals surface area contributed by atoms with Gasteiger partial charge in [0.1, 0.15) is 15.7 Å². The molecule has 140 valence electrons. The van der Waals surface area contributed by atoms with E-state index in [1.54, 1.807) is 0 Å². The molecule has 2 aromatic rings. The first-order valence-corrected chi connectivity index (χ1v) is 10.2. The summed E-state index contributed by atoms with van der Waals surface area (Å²) in [7, 11) is 4.70. The molecule has 1 aliphatic carbocycles. The maximum Gasteiger partial charge on any atom is 0.110 e. The zero-order valence-electron chi connectivity index (χ0n) is 18.2. The Labute approximate surface area is 171 Å². The molecule has 0 nitrogen and oxygen atoms in total. The molecule has 0 N–H and O–H groups in total. The molecule has 0 spiro atoms. The highest BCUT2D eigenvalue weighted by Crippen LogP contribution is 2.43. The Morgan fingerprint density at radius 3 is 2.36 bits per heavy atom. The maximum atomic E-state index is 4.00. The van der Waals surface area contributed by atoms with Crippen molar-refractivity contribution in [2.24, 2.45) is 0 Å². The fraction of sp³-hybridized carbons (Fsp3) is 0.231. The lowest BCUT2D eigenvalue weighted by Gasteiger charge is -2.37. The number of hydrogen-bond donors (Lipinski definition) is 0. The van der Waals surface area contributed by atoms with Gasteiger partial charge in [-0.05, 0) is 74.0 Å². The average Bonchev–Trinajstić information content (AvgIpc) is 2.65. The van der Waals surface area contributed by atoms with Crippen molar-refractivity contribution < 1.29 is 0 Å². The van der Waals surface area contributed by atoms with Crippen LogP contribution in [0.25, 0.3) is 28.5 Å². The lowest BCUT2D eigenvalue weighted by Crippen LogP contribution is -2.44. The predicted octanol–water partition coefficient (Wildman–Crippen LogP) is 3.68. The minimum Gasteiger partial charge on any atom is -0.0991 e. The van der Waals surface area contributed by atoms with E-state index in [0.29, 0.717) is 5.92 Å². The van der Waals surface area contributed by atoms with Crippen LogP contribution in [0.5, 0.6) is 0 Å². The smallest absolute Gasteiger partial charge is 0.0991 e. The molecule has 0 bridgehead atoms. The van der Waals surface area contributed by atoms with E-state index >= 15 is 0 Å². The molecule has 2 aromatic carbocycles. The Kier molecular flexibility index (Phi) is 5.44. The molecule has 28 heavy (non-hydrogen) atoms. The Bertz CT molecular complexity index is 1160. The highest BCUT2D eigenvalue weighted by atomic mass is 14.3. The van der Waals surface area contributed by atoms with Crippen molar-refractivity contribution >= 4 is 44.2 Å². The Hall–Kier alpha value is -2.47. The van der Waals surface area contributed by atoms with Gasteiger partial charge in [0.15, 0.2) is 0 Å². The van der Waals surface area contributed by atoms with E-state index in [1.807, 2.05) is 12.2 Å². The van der Waals surface area contributed by atoms with Gasteiger partial charge in [-0.3, -0.25) is 0 Å². The molecule has 0 saturated heterocycles. The van der Waals surface area contributed by atoms with Crippen molar-refractivity contribution in [3.63, 3.8) is 0 Å². The van der Waals surface area contributed by atoms with Crippen molar-refractivity contribution in [1.82, 2.24) is 0 Å². The fourth-order valence-electron chi connectivity index (χ4n) is 5.03. The van der Waals surface area contributed by atoms with Crippen LogP contribution in [0.2, 0.25) is 0 Å². The number of benzene rings is 2. The van der Waals surface area contributed by atoms with Crippen LogP contribution in [0.4, 0.5) is 0 Å². The predicted molar refractivity (Wildman–Crippen MR) is 133 cm³/mol. The Morgan fingerprint density at radius 2 is 1.79 bits per heavy atom. The summed E-state index contributed by atoms with van der Waals surface area (Å²) in [4.78, 5) is 0. The third-order valence-electron chi connectivity index (χ3n) is 6.11. The van der Waals surface area contributed by atoms with Gasteiger partial charge in [0.2, 0.25) is 0 Å². The Morgan fingerprint density at radius 1 is 1.07 bits per heavy atom. The summed E-state index contributed by atoms with van der Waals surface area (Å²) in [5.74, 6) is 0.434. The van der Waals surface area contributed by atoms with Gasteiger partial charge in [-0.25, -0.2) is 0 Å². The molecule has 2 heteroatoms. The van der Waals surface area contributed by atoms with Crippen LogP contribution in [0, 0.1) is 0 Å². The fourth-order valence-corrected chi connectivity index (χ4v) is 5.03. The molecule has 0 heterocycles. The SMILES string of the molecule is BC1(B)C(/C=C\C=C)=C(C)c2cccc3c(C(C)C)c(=C/C=C)/c(=C\C)c1c23. The summed E-state index contributed by atoms with van der Waals surface area (Å²) in [5, 5.41) is 5.34. The molecule has 0 aliphatic heterocycles. The highest BCUT2D eigenvalue weighted by Gasteiger charge is 2.34. The van der Waals surface area contributed by atoms with Gasteiger partial charge in [-0.15, -0.1) is 0 Å². The van der Waals surface area contributed by atoms with E-state index in [0.717, 1.165) is 0 Å². The van der Waals surface area contributed by atoms with Crippen molar-refractivity contribution in [2.45, 2.75) is 38.8 Å². The minimum atomic E-state index is -0.0999. The standard InChI is InChI=1S/C26H30B2/c1-7-10-15-22-17(6)19-13-11-14-21-23(16(4)5)20(12-8-2)18(9-3)25(24(19)21)26(22,27)28/h7-16H,1-2,27-28H2,3-6H3/b15-10-,18-9+,20-12+. The van der Waals surface area contributed by atoms with Gasteiger partial charge in [0.25, 0.3) is 0 Å². The highest BCUT2D eigenvalue weighted by molar-refractivity contribution is 6.44. The topological polar surface area (TPSA) is 0 Å². The number of rotatable bonds is 4. The molecule has 0 atom stereocenters. The normalized spacial score (nSPS) is 17.2. The summed E-state index contributed by atoms with van der Waals surface area (Å²) >= 11 is 0. The molecule has 1 aliphatic rings. The van der Waals surface area contributed by atoms with Crippen LogP contribution in [-0.2, 0) is 5.21 Å². The maximum absolute atomic E-state index is 4.00.